The molecule has 0 aliphatic carbocycles. The number of halogens is 2. The largest absolute Gasteiger partial charge is 0.206 e. The van der Waals surface area contributed by atoms with Crippen molar-refractivity contribution in [1.82, 2.24) is 0 Å². The number of aryl methyl sites for hydroxylation is 1. The van der Waals surface area contributed by atoms with E-state index >= 15 is 0 Å². The second-order valence-electron chi connectivity index (χ2n) is 1.45. The van der Waals surface area contributed by atoms with E-state index in [1.54, 1.807) is 6.92 Å². The maximum Gasteiger partial charge on any atom is 0.179 e. The highest BCUT2D eigenvalue weighted by Gasteiger charge is 2.01. The van der Waals surface area contributed by atoms with Crippen LogP contribution < -0.4 is 0 Å². The second kappa shape index (κ2) is 1.82. The molecule has 0 fully saturated rings. The molecule has 0 saturated heterocycles. The molecule has 0 aliphatic rings. The van der Waals surface area contributed by atoms with E-state index in [2.05, 4.69) is 0 Å². The van der Waals surface area contributed by atoms with Gasteiger partial charge in [-0.15, -0.1) is 11.3 Å². The van der Waals surface area contributed by atoms with E-state index in [0.717, 1.165) is 17.4 Å². The summed E-state index contributed by atoms with van der Waals surface area (Å²) in [6.07, 6.45) is 0. The molecular weight excluding hydrogens is 130 g/mol. The highest BCUT2D eigenvalue weighted by atomic mass is 32.1. The molecule has 0 saturated carbocycles. The minimum Gasteiger partial charge on any atom is -0.206 e. The Morgan fingerprint density at radius 3 is 2.25 bits per heavy atom. The van der Waals surface area contributed by atoms with Crippen LogP contribution in [0.2, 0.25) is 0 Å². The molecule has 0 amide bonds. The summed E-state index contributed by atoms with van der Waals surface area (Å²) >= 11 is 0.828. The van der Waals surface area contributed by atoms with Gasteiger partial charge in [0.15, 0.2) is 5.13 Å². The molecule has 0 bridgehead atoms. The first-order valence-electron chi connectivity index (χ1n) is 2.11. The topological polar surface area (TPSA) is 0 Å². The molecule has 0 aromatic carbocycles. The fourth-order valence-corrected chi connectivity index (χ4v) is 1.04. The van der Waals surface area contributed by atoms with E-state index in [9.17, 15) is 8.78 Å². The summed E-state index contributed by atoms with van der Waals surface area (Å²) in [4.78, 5) is 0.405. The molecule has 0 atom stereocenters. The van der Waals surface area contributed by atoms with Gasteiger partial charge in [-0.05, 0) is 6.92 Å². The number of hydrogen-bond acceptors (Lipinski definition) is 1. The fraction of sp³-hybridized carbons (Fsp3) is 0.200. The Balaban J connectivity index is 3.14. The lowest BCUT2D eigenvalue weighted by Crippen LogP contribution is -1.63. The molecule has 1 aromatic rings. The van der Waals surface area contributed by atoms with E-state index in [0.29, 0.717) is 4.88 Å². The van der Waals surface area contributed by atoms with Gasteiger partial charge in [-0.2, -0.15) is 4.39 Å². The van der Waals surface area contributed by atoms with Gasteiger partial charge in [-0.3, -0.25) is 0 Å². The van der Waals surface area contributed by atoms with Crippen molar-refractivity contribution in [2.24, 2.45) is 0 Å². The third-order valence-electron chi connectivity index (χ3n) is 0.827. The van der Waals surface area contributed by atoms with Crippen molar-refractivity contribution in [3.8, 4) is 0 Å². The molecule has 44 valence electrons. The van der Waals surface area contributed by atoms with Gasteiger partial charge in [-0.25, -0.2) is 4.39 Å². The molecule has 0 radical (unpaired) electrons. The van der Waals surface area contributed by atoms with E-state index < -0.39 is 10.9 Å². The summed E-state index contributed by atoms with van der Waals surface area (Å²) in [6, 6.07) is 0.889. The molecule has 0 N–H and O–H groups in total. The van der Waals surface area contributed by atoms with Crippen LogP contribution in [0.1, 0.15) is 4.88 Å². The predicted molar refractivity (Wildman–Crippen MR) is 29.0 cm³/mol. The van der Waals surface area contributed by atoms with Crippen LogP contribution in [0, 0.1) is 17.9 Å². The zero-order valence-electron chi connectivity index (χ0n) is 4.24. The predicted octanol–water partition coefficient (Wildman–Crippen LogP) is 2.33. The first kappa shape index (κ1) is 5.69. The Morgan fingerprint density at radius 2 is 2.12 bits per heavy atom. The molecule has 0 unspecified atom stereocenters. The van der Waals surface area contributed by atoms with Crippen molar-refractivity contribution in [3.05, 3.63) is 21.9 Å². The van der Waals surface area contributed by atoms with Gasteiger partial charge < -0.3 is 0 Å². The molecular formula is C5H4F2S. The lowest BCUT2D eigenvalue weighted by molar-refractivity contribution is 0.605. The highest BCUT2D eigenvalue weighted by molar-refractivity contribution is 7.10. The molecule has 1 aromatic heterocycles. The molecule has 8 heavy (non-hydrogen) atoms. The van der Waals surface area contributed by atoms with Gasteiger partial charge in [0.05, 0.1) is 0 Å². The van der Waals surface area contributed by atoms with E-state index in [1.165, 1.54) is 0 Å². The zero-order chi connectivity index (χ0) is 6.15. The summed E-state index contributed by atoms with van der Waals surface area (Å²) < 4.78 is 24.1. The molecule has 0 aliphatic heterocycles. The van der Waals surface area contributed by atoms with Crippen LogP contribution in [0.15, 0.2) is 6.07 Å². The Morgan fingerprint density at radius 1 is 1.50 bits per heavy atom. The SMILES string of the molecule is Cc1sc(F)cc1F. The van der Waals surface area contributed by atoms with Crippen LogP contribution in [0.3, 0.4) is 0 Å². The zero-order valence-corrected chi connectivity index (χ0v) is 5.06. The van der Waals surface area contributed by atoms with Gasteiger partial charge in [0.25, 0.3) is 0 Å². The van der Waals surface area contributed by atoms with Crippen LogP contribution >= 0.6 is 11.3 Å². The van der Waals surface area contributed by atoms with Crippen LogP contribution in [-0.4, -0.2) is 0 Å². The third-order valence-corrected chi connectivity index (χ3v) is 1.64. The Labute approximate surface area is 49.8 Å². The van der Waals surface area contributed by atoms with Crippen LogP contribution in [0.4, 0.5) is 8.78 Å². The Hall–Kier alpha value is -0.440. The smallest absolute Gasteiger partial charge is 0.179 e. The summed E-state index contributed by atoms with van der Waals surface area (Å²) in [6.45, 7) is 1.54. The maximum absolute atomic E-state index is 12.1. The minimum absolute atomic E-state index is 0.405. The van der Waals surface area contributed by atoms with Gasteiger partial charge in [0, 0.05) is 10.9 Å². The molecule has 1 heterocycles. The first-order valence-corrected chi connectivity index (χ1v) is 2.93. The third kappa shape index (κ3) is 0.865. The molecule has 1 rings (SSSR count). The average Bonchev–Trinajstić information content (AvgIpc) is 1.85. The van der Waals surface area contributed by atoms with Crippen molar-refractivity contribution < 1.29 is 8.78 Å². The number of hydrogen-bond donors (Lipinski definition) is 0. The van der Waals surface area contributed by atoms with Gasteiger partial charge in [0.1, 0.15) is 5.82 Å². The number of rotatable bonds is 0. The summed E-state index contributed by atoms with van der Waals surface area (Å²) in [5.74, 6) is -0.451. The van der Waals surface area contributed by atoms with Crippen molar-refractivity contribution in [3.63, 3.8) is 0 Å². The fourth-order valence-electron chi connectivity index (χ4n) is 0.426. The molecule has 0 spiro atoms. The van der Waals surface area contributed by atoms with E-state index in [-0.39, 0.29) is 0 Å². The normalized spacial score (nSPS) is 9.88. The van der Waals surface area contributed by atoms with E-state index in [4.69, 9.17) is 0 Å². The lowest BCUT2D eigenvalue weighted by Gasteiger charge is -1.74. The monoisotopic (exact) mass is 134 g/mol. The lowest BCUT2D eigenvalue weighted by atomic mass is 10.5. The van der Waals surface area contributed by atoms with Crippen molar-refractivity contribution in [1.29, 1.82) is 0 Å². The number of thiophene rings is 1. The minimum atomic E-state index is -0.458. The molecule has 3 heteroatoms. The van der Waals surface area contributed by atoms with E-state index in [1.807, 2.05) is 0 Å². The highest BCUT2D eigenvalue weighted by Crippen LogP contribution is 2.17. The van der Waals surface area contributed by atoms with Gasteiger partial charge in [-0.1, -0.05) is 0 Å². The van der Waals surface area contributed by atoms with Gasteiger partial charge >= 0.3 is 0 Å². The second-order valence-corrected chi connectivity index (χ2v) is 2.66. The summed E-state index contributed by atoms with van der Waals surface area (Å²) in [5, 5.41) is -0.458. The van der Waals surface area contributed by atoms with Crippen molar-refractivity contribution in [2.75, 3.05) is 0 Å². The molecule has 0 nitrogen and oxygen atoms in total. The summed E-state index contributed by atoms with van der Waals surface area (Å²) in [7, 11) is 0. The Kier molecular flexibility index (Phi) is 1.29. The van der Waals surface area contributed by atoms with Crippen LogP contribution in [0.25, 0.3) is 0 Å². The van der Waals surface area contributed by atoms with Gasteiger partial charge in [0.2, 0.25) is 0 Å². The first-order chi connectivity index (χ1) is 3.70. The quantitative estimate of drug-likeness (QED) is 0.511. The van der Waals surface area contributed by atoms with Crippen LogP contribution in [-0.2, 0) is 0 Å². The Bertz CT molecular complexity index is 173. The standard InChI is InChI=1S/C5H4F2S/c1-3-4(6)2-5(7)8-3/h2H,1H3. The summed E-state index contributed by atoms with van der Waals surface area (Å²) in [5.41, 5.74) is 0. The van der Waals surface area contributed by atoms with Crippen molar-refractivity contribution in [2.45, 2.75) is 6.92 Å². The average molecular weight is 134 g/mol. The maximum atomic E-state index is 12.1. The van der Waals surface area contributed by atoms with Crippen LogP contribution in [0.5, 0.6) is 0 Å². The van der Waals surface area contributed by atoms with Crippen molar-refractivity contribution >= 4 is 11.3 Å².